The highest BCUT2D eigenvalue weighted by Gasteiger charge is 2.33. The van der Waals surface area contributed by atoms with Gasteiger partial charge < -0.3 is 0 Å². The maximum absolute atomic E-state index is 12.7. The molecule has 0 N–H and O–H groups in total. The third kappa shape index (κ3) is 3.49. The van der Waals surface area contributed by atoms with Crippen LogP contribution in [0.1, 0.15) is 5.56 Å². The van der Waals surface area contributed by atoms with Crippen molar-refractivity contribution in [3.05, 3.63) is 67.5 Å². The summed E-state index contributed by atoms with van der Waals surface area (Å²) in [6.07, 6.45) is 1.68. The molecule has 2 aromatic rings. The minimum absolute atomic E-state index is 0.186. The van der Waals surface area contributed by atoms with E-state index in [2.05, 4.69) is 15.9 Å². The molecule has 1 amide bonds. The number of hydrogen-bond acceptors (Lipinski definition) is 3. The van der Waals surface area contributed by atoms with Crippen molar-refractivity contribution < 1.29 is 4.79 Å². The molecule has 116 valence electrons. The monoisotopic (exact) mass is 443 g/mol. The number of nitrogens with zero attached hydrogens (tertiary/aromatic N) is 1. The molecule has 0 unspecified atom stereocenters. The van der Waals surface area contributed by atoms with Crippen molar-refractivity contribution >= 4 is 85.1 Å². The summed E-state index contributed by atoms with van der Waals surface area (Å²) in [5.41, 5.74) is 1.33. The zero-order valence-electron chi connectivity index (χ0n) is 11.4. The van der Waals surface area contributed by atoms with Gasteiger partial charge in [0, 0.05) is 20.1 Å². The molecule has 0 radical (unpaired) electrons. The van der Waals surface area contributed by atoms with Gasteiger partial charge in [0.15, 0.2) is 4.32 Å². The predicted octanol–water partition coefficient (Wildman–Crippen LogP) is 6.16. The van der Waals surface area contributed by atoms with Crippen LogP contribution in [-0.2, 0) is 4.79 Å². The van der Waals surface area contributed by atoms with E-state index in [0.717, 1.165) is 10.2 Å². The molecule has 1 aliphatic rings. The van der Waals surface area contributed by atoms with Gasteiger partial charge in [0.2, 0.25) is 0 Å². The Morgan fingerprint density at radius 3 is 2.43 bits per heavy atom. The fourth-order valence-corrected chi connectivity index (χ4v) is 4.26. The van der Waals surface area contributed by atoms with Gasteiger partial charge in [0.25, 0.3) is 5.91 Å². The average molecular weight is 445 g/mol. The van der Waals surface area contributed by atoms with E-state index in [1.54, 1.807) is 24.3 Å². The second kappa shape index (κ2) is 6.95. The molecule has 3 rings (SSSR count). The molecular weight excluding hydrogens is 437 g/mol. The van der Waals surface area contributed by atoms with Crippen molar-refractivity contribution in [1.82, 2.24) is 0 Å². The lowest BCUT2D eigenvalue weighted by Crippen LogP contribution is -2.27. The Balaban J connectivity index is 2.00. The number of rotatable bonds is 2. The van der Waals surface area contributed by atoms with Gasteiger partial charge in [-0.15, -0.1) is 0 Å². The lowest BCUT2D eigenvalue weighted by Gasteiger charge is -2.14. The van der Waals surface area contributed by atoms with Crippen molar-refractivity contribution in [3.63, 3.8) is 0 Å². The van der Waals surface area contributed by atoms with Crippen LogP contribution in [-0.4, -0.2) is 10.2 Å². The van der Waals surface area contributed by atoms with Crippen molar-refractivity contribution in [1.29, 1.82) is 0 Å². The van der Waals surface area contributed by atoms with Gasteiger partial charge in [-0.05, 0) is 36.4 Å². The first kappa shape index (κ1) is 17.0. The Labute approximate surface area is 161 Å². The van der Waals surface area contributed by atoms with Crippen LogP contribution >= 0.6 is 63.1 Å². The van der Waals surface area contributed by atoms with E-state index in [9.17, 15) is 4.79 Å². The minimum atomic E-state index is -0.186. The topological polar surface area (TPSA) is 20.3 Å². The smallest absolute Gasteiger partial charge is 0.268 e. The molecule has 2 nitrogen and oxygen atoms in total. The van der Waals surface area contributed by atoms with Crippen LogP contribution in [0.4, 0.5) is 5.69 Å². The zero-order chi connectivity index (χ0) is 16.6. The molecule has 1 aliphatic heterocycles. The van der Waals surface area contributed by atoms with Crippen molar-refractivity contribution in [3.8, 4) is 0 Å². The maximum Gasteiger partial charge on any atom is 0.270 e. The number of carbonyl (C=O) groups excluding carboxylic acids is 1. The van der Waals surface area contributed by atoms with Crippen LogP contribution < -0.4 is 4.90 Å². The van der Waals surface area contributed by atoms with Gasteiger partial charge >= 0.3 is 0 Å². The van der Waals surface area contributed by atoms with Gasteiger partial charge in [0.05, 0.1) is 10.6 Å². The number of amides is 1. The fourth-order valence-electron chi connectivity index (χ4n) is 2.09. The standard InChI is InChI=1S/C16H8BrCl2NOS2/c17-9-3-1-4-10(7-9)20-15(21)14(23-16(20)22)8-11-12(18)5-2-6-13(11)19/h1-8H/b14-8+. The van der Waals surface area contributed by atoms with Crippen LogP contribution in [0.2, 0.25) is 10.0 Å². The molecule has 0 spiro atoms. The summed E-state index contributed by atoms with van der Waals surface area (Å²) in [5.74, 6) is -0.186. The number of carbonyl (C=O) groups is 1. The highest BCUT2D eigenvalue weighted by molar-refractivity contribution is 9.10. The van der Waals surface area contributed by atoms with Gasteiger partial charge in [-0.1, -0.05) is 75.2 Å². The number of thioether (sulfide) groups is 1. The number of thiocarbonyl (C=S) groups is 1. The Hall–Kier alpha value is -0.850. The van der Waals surface area contributed by atoms with Crippen LogP contribution in [0.5, 0.6) is 0 Å². The fraction of sp³-hybridized carbons (Fsp3) is 0. The summed E-state index contributed by atoms with van der Waals surface area (Å²) in [7, 11) is 0. The molecule has 7 heteroatoms. The molecule has 2 aromatic carbocycles. The van der Waals surface area contributed by atoms with E-state index in [1.807, 2.05) is 24.3 Å². The minimum Gasteiger partial charge on any atom is -0.268 e. The Morgan fingerprint density at radius 1 is 1.13 bits per heavy atom. The molecular formula is C16H8BrCl2NOS2. The number of halogens is 3. The Bertz CT molecular complexity index is 833. The molecule has 1 heterocycles. The van der Waals surface area contributed by atoms with Crippen molar-refractivity contribution in [2.75, 3.05) is 4.90 Å². The number of benzene rings is 2. The highest BCUT2D eigenvalue weighted by Crippen LogP contribution is 2.38. The third-order valence-corrected chi connectivity index (χ3v) is 5.59. The van der Waals surface area contributed by atoms with E-state index in [0.29, 0.717) is 24.8 Å². The van der Waals surface area contributed by atoms with Crippen LogP contribution in [0.15, 0.2) is 51.8 Å². The van der Waals surface area contributed by atoms with Crippen LogP contribution in [0, 0.1) is 0 Å². The largest absolute Gasteiger partial charge is 0.270 e. The van der Waals surface area contributed by atoms with Gasteiger partial charge in [-0.25, -0.2) is 0 Å². The van der Waals surface area contributed by atoms with E-state index in [-0.39, 0.29) is 5.91 Å². The van der Waals surface area contributed by atoms with E-state index < -0.39 is 0 Å². The Kier molecular flexibility index (Phi) is 5.13. The van der Waals surface area contributed by atoms with E-state index >= 15 is 0 Å². The molecule has 1 fully saturated rings. The normalized spacial score (nSPS) is 16.5. The molecule has 1 saturated heterocycles. The summed E-state index contributed by atoms with van der Waals surface area (Å²) < 4.78 is 1.35. The number of hydrogen-bond donors (Lipinski definition) is 0. The van der Waals surface area contributed by atoms with E-state index in [4.69, 9.17) is 35.4 Å². The average Bonchev–Trinajstić information content (AvgIpc) is 2.77. The molecule has 23 heavy (non-hydrogen) atoms. The maximum atomic E-state index is 12.7. The molecule has 0 saturated carbocycles. The summed E-state index contributed by atoms with van der Waals surface area (Å²) in [5, 5.41) is 0.982. The zero-order valence-corrected chi connectivity index (χ0v) is 16.2. The predicted molar refractivity (Wildman–Crippen MR) is 106 cm³/mol. The van der Waals surface area contributed by atoms with Crippen molar-refractivity contribution in [2.45, 2.75) is 0 Å². The van der Waals surface area contributed by atoms with Gasteiger partial charge in [-0.2, -0.15) is 0 Å². The summed E-state index contributed by atoms with van der Waals surface area (Å²) in [6.45, 7) is 0. The first-order valence-electron chi connectivity index (χ1n) is 6.45. The summed E-state index contributed by atoms with van der Waals surface area (Å²) in [4.78, 5) is 14.7. The van der Waals surface area contributed by atoms with E-state index in [1.165, 1.54) is 16.7 Å². The SMILES string of the molecule is O=C1/C(=C\c2c(Cl)cccc2Cl)SC(=S)N1c1cccc(Br)c1. The first-order valence-corrected chi connectivity index (χ1v) is 9.22. The van der Waals surface area contributed by atoms with Gasteiger partial charge in [-0.3, -0.25) is 9.69 Å². The summed E-state index contributed by atoms with van der Waals surface area (Å²) in [6, 6.07) is 12.6. The number of anilines is 1. The quantitative estimate of drug-likeness (QED) is 0.408. The molecule has 0 aliphatic carbocycles. The third-order valence-electron chi connectivity index (χ3n) is 3.14. The van der Waals surface area contributed by atoms with Crippen LogP contribution in [0.25, 0.3) is 6.08 Å². The molecule has 0 aromatic heterocycles. The second-order valence-electron chi connectivity index (χ2n) is 4.63. The van der Waals surface area contributed by atoms with Gasteiger partial charge in [0.1, 0.15) is 0 Å². The first-order chi connectivity index (χ1) is 11.0. The van der Waals surface area contributed by atoms with Crippen molar-refractivity contribution in [2.24, 2.45) is 0 Å². The summed E-state index contributed by atoms with van der Waals surface area (Å²) >= 11 is 22.3. The lowest BCUT2D eigenvalue weighted by atomic mass is 10.2. The van der Waals surface area contributed by atoms with Crippen LogP contribution in [0.3, 0.4) is 0 Å². The molecule has 0 atom stereocenters. The Morgan fingerprint density at radius 2 is 1.78 bits per heavy atom. The molecule has 0 bridgehead atoms. The highest BCUT2D eigenvalue weighted by atomic mass is 79.9. The lowest BCUT2D eigenvalue weighted by molar-refractivity contribution is -0.113. The second-order valence-corrected chi connectivity index (χ2v) is 8.04.